The van der Waals surface area contributed by atoms with Gasteiger partial charge in [-0.15, -0.1) is 0 Å². The molecule has 0 bridgehead atoms. The van der Waals surface area contributed by atoms with Crippen molar-refractivity contribution in [2.75, 3.05) is 26.3 Å². The molecule has 4 aliphatic rings. The lowest BCUT2D eigenvalue weighted by Crippen LogP contribution is -2.64. The van der Waals surface area contributed by atoms with E-state index in [1.165, 1.54) is 19.3 Å². The van der Waals surface area contributed by atoms with Crippen molar-refractivity contribution in [2.24, 2.45) is 0 Å². The van der Waals surface area contributed by atoms with E-state index < -0.39 is 0 Å². The summed E-state index contributed by atoms with van der Waals surface area (Å²) in [5.41, 5.74) is 1.37. The molecule has 2 amide bonds. The summed E-state index contributed by atoms with van der Waals surface area (Å²) >= 11 is 0. The highest BCUT2D eigenvalue weighted by Gasteiger charge is 2.57. The second-order valence-corrected chi connectivity index (χ2v) is 9.24. The van der Waals surface area contributed by atoms with E-state index in [1.54, 1.807) is 0 Å². The molecule has 1 spiro atoms. The van der Waals surface area contributed by atoms with Crippen LogP contribution in [0.2, 0.25) is 0 Å². The number of nitrogens with zero attached hydrogens (tertiary/aromatic N) is 2. The predicted molar refractivity (Wildman–Crippen MR) is 111 cm³/mol. The van der Waals surface area contributed by atoms with E-state index in [-0.39, 0.29) is 29.3 Å². The lowest BCUT2D eigenvalue weighted by Gasteiger charge is -2.54. The number of carbonyl (C=O) groups is 2. The molecule has 0 N–H and O–H groups in total. The lowest BCUT2D eigenvalue weighted by molar-refractivity contribution is -0.141. The Morgan fingerprint density at radius 3 is 2.38 bits per heavy atom. The summed E-state index contributed by atoms with van der Waals surface area (Å²) in [6.45, 7) is 2.53. The second kappa shape index (κ2) is 7.75. The number of rotatable bonds is 2. The Bertz CT molecular complexity index is 774. The second-order valence-electron chi connectivity index (χ2n) is 9.24. The molecule has 5 heteroatoms. The van der Waals surface area contributed by atoms with Gasteiger partial charge in [-0.1, -0.05) is 50.3 Å². The molecule has 2 aliphatic carbocycles. The van der Waals surface area contributed by atoms with Crippen molar-refractivity contribution in [1.29, 1.82) is 0 Å². The fourth-order valence-electron chi connectivity index (χ4n) is 6.42. The fourth-order valence-corrected chi connectivity index (χ4v) is 6.42. The van der Waals surface area contributed by atoms with Crippen LogP contribution in [0.5, 0.6) is 0 Å². The third kappa shape index (κ3) is 3.09. The summed E-state index contributed by atoms with van der Waals surface area (Å²) in [7, 11) is 0. The minimum absolute atomic E-state index is 0.167. The maximum Gasteiger partial charge on any atom is 0.254 e. The highest BCUT2D eigenvalue weighted by molar-refractivity contribution is 6.02. The van der Waals surface area contributed by atoms with Gasteiger partial charge in [-0.05, 0) is 37.3 Å². The average molecular weight is 397 g/mol. The molecule has 29 heavy (non-hydrogen) atoms. The molecule has 1 atom stereocenters. The van der Waals surface area contributed by atoms with Crippen molar-refractivity contribution in [2.45, 2.75) is 75.3 Å². The molecular formula is C24H32N2O3. The minimum Gasteiger partial charge on any atom is -0.378 e. The standard InChI is InChI=1S/C24H32N2O3/c27-22-20-11-5-4-10-19(20)21(23(28)25-14-16-29-17-15-25)24(12-6-7-13-24)26(22)18-8-2-1-3-9-18/h4-5,10-11,18,21H,1-3,6-9,12-17H2/t21-/m1/s1. The highest BCUT2D eigenvalue weighted by Crippen LogP contribution is 2.52. The SMILES string of the molecule is O=C([C@H]1c2ccccc2C(=O)N(C2CCCCC2)C12CCCC2)N1CCOCC1. The number of benzene rings is 1. The minimum atomic E-state index is -0.344. The Morgan fingerprint density at radius 2 is 1.66 bits per heavy atom. The van der Waals surface area contributed by atoms with Crippen LogP contribution in [0.15, 0.2) is 24.3 Å². The van der Waals surface area contributed by atoms with E-state index in [1.807, 2.05) is 29.2 Å². The molecule has 156 valence electrons. The summed E-state index contributed by atoms with van der Waals surface area (Å²) in [5.74, 6) is 0.135. The maximum atomic E-state index is 13.9. The Kier molecular flexibility index (Phi) is 5.10. The number of ether oxygens (including phenoxy) is 1. The van der Waals surface area contributed by atoms with E-state index in [2.05, 4.69) is 4.90 Å². The third-order valence-corrected chi connectivity index (χ3v) is 7.72. The average Bonchev–Trinajstić information content (AvgIpc) is 3.24. The Morgan fingerprint density at radius 1 is 0.966 bits per heavy atom. The molecule has 3 fully saturated rings. The van der Waals surface area contributed by atoms with Gasteiger partial charge < -0.3 is 14.5 Å². The van der Waals surface area contributed by atoms with Crippen LogP contribution >= 0.6 is 0 Å². The molecule has 1 saturated heterocycles. The molecule has 2 heterocycles. The number of carbonyl (C=O) groups excluding carboxylic acids is 2. The number of amides is 2. The fraction of sp³-hybridized carbons (Fsp3) is 0.667. The van der Waals surface area contributed by atoms with Crippen LogP contribution in [-0.2, 0) is 9.53 Å². The molecule has 2 saturated carbocycles. The normalized spacial score (nSPS) is 27.3. The number of hydrogen-bond donors (Lipinski definition) is 0. The van der Waals surface area contributed by atoms with Crippen LogP contribution in [0.4, 0.5) is 0 Å². The smallest absolute Gasteiger partial charge is 0.254 e. The van der Waals surface area contributed by atoms with E-state index in [4.69, 9.17) is 4.74 Å². The van der Waals surface area contributed by atoms with Gasteiger partial charge in [0, 0.05) is 24.7 Å². The summed E-state index contributed by atoms with van der Waals surface area (Å²) < 4.78 is 5.50. The molecule has 5 rings (SSSR count). The molecular weight excluding hydrogens is 364 g/mol. The van der Waals surface area contributed by atoms with E-state index in [0.29, 0.717) is 26.3 Å². The zero-order valence-corrected chi connectivity index (χ0v) is 17.3. The van der Waals surface area contributed by atoms with Crippen LogP contribution < -0.4 is 0 Å². The first-order chi connectivity index (χ1) is 14.2. The van der Waals surface area contributed by atoms with Gasteiger partial charge in [-0.2, -0.15) is 0 Å². The molecule has 1 aromatic carbocycles. The first-order valence-corrected chi connectivity index (χ1v) is 11.5. The molecule has 0 aromatic heterocycles. The van der Waals surface area contributed by atoms with E-state index in [9.17, 15) is 9.59 Å². The van der Waals surface area contributed by atoms with Crippen LogP contribution in [-0.4, -0.2) is 59.5 Å². The van der Waals surface area contributed by atoms with E-state index >= 15 is 0 Å². The Hall–Kier alpha value is -1.88. The maximum absolute atomic E-state index is 13.9. The summed E-state index contributed by atoms with van der Waals surface area (Å²) in [5, 5.41) is 0. The van der Waals surface area contributed by atoms with Crippen LogP contribution in [0.1, 0.15) is 79.6 Å². The number of fused-ring (bicyclic) bond motifs is 1. The first-order valence-electron chi connectivity index (χ1n) is 11.5. The zero-order valence-electron chi connectivity index (χ0n) is 17.3. The molecule has 0 radical (unpaired) electrons. The molecule has 5 nitrogen and oxygen atoms in total. The van der Waals surface area contributed by atoms with Gasteiger partial charge in [-0.3, -0.25) is 9.59 Å². The van der Waals surface area contributed by atoms with Crippen molar-refractivity contribution in [3.8, 4) is 0 Å². The number of hydrogen-bond acceptors (Lipinski definition) is 3. The highest BCUT2D eigenvalue weighted by atomic mass is 16.5. The van der Waals surface area contributed by atoms with Gasteiger partial charge in [0.1, 0.15) is 0 Å². The number of morpholine rings is 1. The van der Waals surface area contributed by atoms with Gasteiger partial charge in [0.05, 0.1) is 24.7 Å². The monoisotopic (exact) mass is 396 g/mol. The van der Waals surface area contributed by atoms with Crippen molar-refractivity contribution in [1.82, 2.24) is 9.80 Å². The van der Waals surface area contributed by atoms with Gasteiger partial charge >= 0.3 is 0 Å². The van der Waals surface area contributed by atoms with Gasteiger partial charge in [0.25, 0.3) is 5.91 Å². The Labute approximate surface area is 173 Å². The van der Waals surface area contributed by atoms with Crippen LogP contribution in [0.25, 0.3) is 0 Å². The van der Waals surface area contributed by atoms with Crippen molar-refractivity contribution in [3.05, 3.63) is 35.4 Å². The molecule has 0 unspecified atom stereocenters. The van der Waals surface area contributed by atoms with Gasteiger partial charge in [0.15, 0.2) is 0 Å². The quantitative estimate of drug-likeness (QED) is 0.765. The van der Waals surface area contributed by atoms with Crippen molar-refractivity contribution >= 4 is 11.8 Å². The van der Waals surface area contributed by atoms with Crippen LogP contribution in [0.3, 0.4) is 0 Å². The topological polar surface area (TPSA) is 49.9 Å². The summed E-state index contributed by atoms with van der Waals surface area (Å²) in [6.07, 6.45) is 9.90. The van der Waals surface area contributed by atoms with Crippen molar-refractivity contribution in [3.63, 3.8) is 0 Å². The third-order valence-electron chi connectivity index (χ3n) is 7.72. The summed E-state index contributed by atoms with van der Waals surface area (Å²) in [4.78, 5) is 32.0. The van der Waals surface area contributed by atoms with Crippen LogP contribution in [0, 0.1) is 0 Å². The predicted octanol–water partition coefficient (Wildman–Crippen LogP) is 3.73. The lowest BCUT2D eigenvalue weighted by atomic mass is 9.69. The molecule has 1 aromatic rings. The largest absolute Gasteiger partial charge is 0.378 e. The first kappa shape index (κ1) is 19.1. The Balaban J connectivity index is 1.62. The van der Waals surface area contributed by atoms with Gasteiger partial charge in [0.2, 0.25) is 5.91 Å². The van der Waals surface area contributed by atoms with Crippen molar-refractivity contribution < 1.29 is 14.3 Å². The van der Waals surface area contributed by atoms with Gasteiger partial charge in [-0.25, -0.2) is 0 Å². The van der Waals surface area contributed by atoms with E-state index in [0.717, 1.165) is 49.7 Å². The molecule has 2 aliphatic heterocycles. The summed E-state index contributed by atoms with van der Waals surface area (Å²) in [6, 6.07) is 8.19. The zero-order chi connectivity index (χ0) is 19.8.